The van der Waals surface area contributed by atoms with Crippen LogP contribution >= 0.6 is 12.2 Å². The summed E-state index contributed by atoms with van der Waals surface area (Å²) in [4.78, 5) is 59.3. The van der Waals surface area contributed by atoms with E-state index in [-0.39, 0.29) is 79.9 Å². The molecule has 12 nitrogen and oxygen atoms in total. The summed E-state index contributed by atoms with van der Waals surface area (Å²) in [5.74, 6) is -1.59. The Labute approximate surface area is 353 Å². The Hall–Kier alpha value is -5.45. The van der Waals surface area contributed by atoms with Gasteiger partial charge in [-0.2, -0.15) is 31.6 Å². The number of imide groups is 1. The molecule has 3 fully saturated rings. The van der Waals surface area contributed by atoms with Crippen LogP contribution in [0, 0.1) is 17.2 Å². The molecule has 3 aromatic rings. The monoisotopic (exact) mass is 871 g/mol. The van der Waals surface area contributed by atoms with Crippen LogP contribution in [0.2, 0.25) is 0 Å². The number of piperazine rings is 1. The number of amides is 3. The van der Waals surface area contributed by atoms with E-state index in [0.29, 0.717) is 47.9 Å². The summed E-state index contributed by atoms with van der Waals surface area (Å²) in [5.41, 5.74) is -1.20. The molecule has 0 spiro atoms. The molecule has 0 bridgehead atoms. The molecule has 1 N–H and O–H groups in total. The number of piperidine rings is 1. The summed E-state index contributed by atoms with van der Waals surface area (Å²) < 4.78 is 90.4. The number of hydrogen-bond donors (Lipinski definition) is 1. The third-order valence-corrected chi connectivity index (χ3v) is 11.5. The smallest absolute Gasteiger partial charge is 0.419 e. The number of benzene rings is 2. The number of aromatic nitrogens is 1. The Balaban J connectivity index is 1.06. The predicted molar refractivity (Wildman–Crippen MR) is 214 cm³/mol. The van der Waals surface area contributed by atoms with E-state index in [0.717, 1.165) is 21.6 Å². The predicted octanol–water partition coefficient (Wildman–Crippen LogP) is 5.79. The van der Waals surface area contributed by atoms with Crippen molar-refractivity contribution in [2.75, 3.05) is 49.1 Å². The lowest BCUT2D eigenvalue weighted by atomic mass is 9.90. The molecule has 2 aromatic carbocycles. The Morgan fingerprint density at radius 1 is 1.03 bits per heavy atom. The van der Waals surface area contributed by atoms with E-state index in [4.69, 9.17) is 22.2 Å². The number of rotatable bonds is 13. The van der Waals surface area contributed by atoms with Gasteiger partial charge < -0.3 is 9.64 Å². The van der Waals surface area contributed by atoms with Gasteiger partial charge in [-0.15, -0.1) is 0 Å². The molecule has 2 atom stereocenters. The number of hydrogen-bond acceptors (Lipinski definition) is 10. The van der Waals surface area contributed by atoms with Crippen LogP contribution < -0.4 is 19.9 Å². The van der Waals surface area contributed by atoms with E-state index in [9.17, 15) is 45.5 Å². The number of pyridine rings is 1. The second kappa shape index (κ2) is 17.9. The van der Waals surface area contributed by atoms with Gasteiger partial charge >= 0.3 is 12.4 Å². The van der Waals surface area contributed by atoms with Crippen molar-refractivity contribution in [3.8, 4) is 11.8 Å². The van der Waals surface area contributed by atoms with Crippen molar-refractivity contribution in [2.45, 2.75) is 76.8 Å². The fourth-order valence-electron chi connectivity index (χ4n) is 7.92. The molecular formula is C42H43F6N7O5S. The van der Waals surface area contributed by atoms with E-state index in [1.165, 1.54) is 11.0 Å². The van der Waals surface area contributed by atoms with Gasteiger partial charge in [0.05, 0.1) is 24.0 Å². The van der Waals surface area contributed by atoms with Crippen molar-refractivity contribution >= 4 is 52.2 Å². The molecule has 3 amide bonds. The number of carbonyl (C=O) groups is 4. The van der Waals surface area contributed by atoms with Crippen molar-refractivity contribution in [3.05, 3.63) is 82.7 Å². The minimum atomic E-state index is -4.91. The first kappa shape index (κ1) is 45.1. The molecule has 4 heterocycles. The van der Waals surface area contributed by atoms with E-state index in [2.05, 4.69) is 10.3 Å². The summed E-state index contributed by atoms with van der Waals surface area (Å²) in [6.07, 6.45) is -7.12. The number of anilines is 2. The number of aryl methyl sites for hydroxylation is 1. The van der Waals surface area contributed by atoms with Gasteiger partial charge in [-0.3, -0.25) is 39.2 Å². The Morgan fingerprint density at radius 3 is 2.44 bits per heavy atom. The largest absolute Gasteiger partial charge is 0.492 e. The van der Waals surface area contributed by atoms with Gasteiger partial charge in [0.1, 0.15) is 30.0 Å². The highest BCUT2D eigenvalue weighted by Gasteiger charge is 2.51. The van der Waals surface area contributed by atoms with Gasteiger partial charge in [0.2, 0.25) is 11.8 Å². The second-order valence-electron chi connectivity index (χ2n) is 15.7. The Bertz CT molecular complexity index is 2260. The summed E-state index contributed by atoms with van der Waals surface area (Å²) in [5, 5.41) is 11.4. The Morgan fingerprint density at radius 2 is 1.77 bits per heavy atom. The van der Waals surface area contributed by atoms with Gasteiger partial charge in [0, 0.05) is 50.6 Å². The lowest BCUT2D eigenvalue weighted by Gasteiger charge is -2.41. The third-order valence-electron chi connectivity index (χ3n) is 11.1. The summed E-state index contributed by atoms with van der Waals surface area (Å²) >= 11 is 5.64. The normalized spacial score (nSPS) is 20.2. The number of nitrogens with one attached hydrogen (secondary N) is 1. The highest BCUT2D eigenvalue weighted by Crippen LogP contribution is 2.40. The lowest BCUT2D eigenvalue weighted by Crippen LogP contribution is -2.60. The van der Waals surface area contributed by atoms with Gasteiger partial charge in [0.25, 0.3) is 5.91 Å². The fourth-order valence-corrected chi connectivity index (χ4v) is 8.44. The maximum absolute atomic E-state index is 14.4. The van der Waals surface area contributed by atoms with Crippen LogP contribution in [-0.2, 0) is 44.6 Å². The van der Waals surface area contributed by atoms with E-state index < -0.39 is 47.6 Å². The van der Waals surface area contributed by atoms with E-state index in [1.54, 1.807) is 55.1 Å². The number of carbonyl (C=O) groups excluding carboxylic acids is 4. The van der Waals surface area contributed by atoms with Crippen molar-refractivity contribution < 1.29 is 50.3 Å². The summed E-state index contributed by atoms with van der Waals surface area (Å²) in [6.45, 7) is 4.68. The van der Waals surface area contributed by atoms with Crippen LogP contribution in [0.3, 0.4) is 0 Å². The third kappa shape index (κ3) is 10.0. The topological polar surface area (TPSA) is 139 Å². The summed E-state index contributed by atoms with van der Waals surface area (Å²) in [6, 6.07) is 12.2. The van der Waals surface area contributed by atoms with Crippen LogP contribution in [0.25, 0.3) is 0 Å². The first-order chi connectivity index (χ1) is 28.7. The maximum atomic E-state index is 14.4. The molecule has 19 heteroatoms. The van der Waals surface area contributed by atoms with Crippen LogP contribution in [0.4, 0.5) is 37.7 Å². The fraction of sp³-hybridized carbons (Fsp3) is 0.452. The molecule has 3 aliphatic heterocycles. The van der Waals surface area contributed by atoms with Gasteiger partial charge in [-0.05, 0) is 86.3 Å². The van der Waals surface area contributed by atoms with Gasteiger partial charge in [-0.25, -0.2) is 4.98 Å². The minimum absolute atomic E-state index is 0.00229. The summed E-state index contributed by atoms with van der Waals surface area (Å²) in [7, 11) is 0. The molecule has 0 aliphatic carbocycles. The number of ether oxygens (including phenoxy) is 1. The molecule has 324 valence electrons. The number of halogens is 6. The highest BCUT2D eigenvalue weighted by atomic mass is 32.1. The minimum Gasteiger partial charge on any atom is -0.492 e. The quantitative estimate of drug-likeness (QED) is 0.127. The maximum Gasteiger partial charge on any atom is 0.419 e. The number of nitrogens with zero attached hydrogens (tertiary/aromatic N) is 6. The van der Waals surface area contributed by atoms with Crippen LogP contribution in [0.5, 0.6) is 5.75 Å². The zero-order chi connectivity index (χ0) is 44.4. The standard InChI is InChI=1S/C42H43F6N7O5S/c1-4-27-19-29(55-39(61)54(38(59)40(55,2)3)30-20-32(41(43,44)45)33(21-49)50-22-30)9-10-34(27)60-15-14-52-12-13-53(35(24-52)42(46,47)48)23-31(56)18-26-7-5-6-25(16-26)17-28-8-11-36(57)51-37(28)58/h5-7,9-10,16,19-20,22,28,35H,4,8,11-15,17-18,23-24H2,1-3H3,(H,51,57,58)/t28?,35-/m0/s1. The molecule has 6 rings (SSSR count). The average molecular weight is 872 g/mol. The van der Waals surface area contributed by atoms with Crippen LogP contribution in [0.1, 0.15) is 61.6 Å². The van der Waals surface area contributed by atoms with Gasteiger partial charge in [0.15, 0.2) is 16.6 Å². The average Bonchev–Trinajstić information content (AvgIpc) is 3.37. The molecule has 1 unspecified atom stereocenters. The SMILES string of the molecule is CCc1cc(N2C(=S)N(c3cnc(C#N)c(C(F)(F)F)c3)C(=O)C2(C)C)ccc1OCCN1CCN(CC(=O)Cc2cccc(CC3CCC(=O)NC3=O)c2)[C@H](C(F)(F)F)C1. The first-order valence-electron chi connectivity index (χ1n) is 19.6. The van der Waals surface area contributed by atoms with Crippen molar-refractivity contribution in [1.29, 1.82) is 5.26 Å². The number of ketones is 1. The first-order valence-corrected chi connectivity index (χ1v) is 20.0. The van der Waals surface area contributed by atoms with Crippen molar-refractivity contribution in [1.82, 2.24) is 20.1 Å². The molecule has 3 aliphatic rings. The lowest BCUT2D eigenvalue weighted by molar-refractivity contribution is -0.197. The van der Waals surface area contributed by atoms with Crippen LogP contribution in [0.15, 0.2) is 54.7 Å². The van der Waals surface area contributed by atoms with Crippen LogP contribution in [-0.4, -0.2) is 100 Å². The number of Topliss-reactive ketones (excluding diaryl/α,β-unsaturated/α-hetero) is 1. The molecule has 1 aromatic heterocycles. The van der Waals surface area contributed by atoms with E-state index >= 15 is 0 Å². The molecular weight excluding hydrogens is 829 g/mol. The number of thiocarbonyl (C=S) groups is 1. The van der Waals surface area contributed by atoms with Gasteiger partial charge in [-0.1, -0.05) is 31.2 Å². The zero-order valence-electron chi connectivity index (χ0n) is 33.5. The van der Waals surface area contributed by atoms with E-state index in [1.807, 2.05) is 13.0 Å². The van der Waals surface area contributed by atoms with Crippen molar-refractivity contribution in [2.24, 2.45) is 5.92 Å². The number of alkyl halides is 6. The highest BCUT2D eigenvalue weighted by molar-refractivity contribution is 7.81. The zero-order valence-corrected chi connectivity index (χ0v) is 34.3. The molecule has 0 saturated carbocycles. The molecule has 61 heavy (non-hydrogen) atoms. The van der Waals surface area contributed by atoms with Crippen molar-refractivity contribution in [3.63, 3.8) is 0 Å². The Kier molecular flexibility index (Phi) is 13.2. The molecule has 0 radical (unpaired) electrons. The number of nitriles is 1. The second-order valence-corrected chi connectivity index (χ2v) is 16.1. The molecule has 3 saturated heterocycles.